The molecule has 102 valence electrons. The van der Waals surface area contributed by atoms with Crippen LogP contribution in [0.1, 0.15) is 36.3 Å². The van der Waals surface area contributed by atoms with E-state index in [0.717, 1.165) is 32.4 Å². The number of hydrogen-bond acceptors (Lipinski definition) is 2. The minimum Gasteiger partial charge on any atom is -0.353 e. The Bertz CT molecular complexity index is 466. The molecule has 2 N–H and O–H groups in total. The molecule has 2 unspecified atom stereocenters. The van der Waals surface area contributed by atoms with Crippen LogP contribution in [0, 0.1) is 12.8 Å². The molecule has 3 rings (SSSR count). The molecule has 1 aromatic carbocycles. The Morgan fingerprint density at radius 3 is 2.74 bits per heavy atom. The monoisotopic (exact) mass is 258 g/mol. The van der Waals surface area contributed by atoms with Crippen LogP contribution in [-0.4, -0.2) is 25.0 Å². The molecular formula is C16H22N2O. The van der Waals surface area contributed by atoms with Crippen LogP contribution < -0.4 is 10.6 Å². The first-order valence-electron chi connectivity index (χ1n) is 7.32. The average Bonchev–Trinajstić information content (AvgIpc) is 3.21. The number of carbonyl (C=O) groups excluding carboxylic acids is 1. The van der Waals surface area contributed by atoms with Crippen LogP contribution in [0.3, 0.4) is 0 Å². The highest BCUT2D eigenvalue weighted by molar-refractivity contribution is 5.83. The smallest absolute Gasteiger partial charge is 0.223 e. The summed E-state index contributed by atoms with van der Waals surface area (Å²) in [5, 5.41) is 6.54. The fourth-order valence-electron chi connectivity index (χ4n) is 3.11. The van der Waals surface area contributed by atoms with Crippen LogP contribution in [0.5, 0.6) is 0 Å². The largest absolute Gasteiger partial charge is 0.353 e. The first-order chi connectivity index (χ1) is 9.25. The SMILES string of the molecule is Cc1ccccc1C1CC1C(=O)NC1CCNCC1. The molecule has 2 fully saturated rings. The Labute approximate surface area is 114 Å². The minimum absolute atomic E-state index is 0.205. The van der Waals surface area contributed by atoms with Gasteiger partial charge in [-0.1, -0.05) is 24.3 Å². The Kier molecular flexibility index (Phi) is 3.56. The summed E-state index contributed by atoms with van der Waals surface area (Å²) in [7, 11) is 0. The number of hydrogen-bond donors (Lipinski definition) is 2. The van der Waals surface area contributed by atoms with Crippen LogP contribution in [-0.2, 0) is 4.79 Å². The number of aryl methyl sites for hydroxylation is 1. The Morgan fingerprint density at radius 2 is 2.00 bits per heavy atom. The molecule has 2 atom stereocenters. The van der Waals surface area contributed by atoms with Crippen molar-refractivity contribution in [2.24, 2.45) is 5.92 Å². The second-order valence-electron chi connectivity index (χ2n) is 5.84. The van der Waals surface area contributed by atoms with Crippen molar-refractivity contribution in [3.05, 3.63) is 35.4 Å². The van der Waals surface area contributed by atoms with Gasteiger partial charge in [0.05, 0.1) is 0 Å². The van der Waals surface area contributed by atoms with Crippen molar-refractivity contribution >= 4 is 5.91 Å². The van der Waals surface area contributed by atoms with Gasteiger partial charge in [-0.15, -0.1) is 0 Å². The Balaban J connectivity index is 1.57. The van der Waals surface area contributed by atoms with Gasteiger partial charge < -0.3 is 10.6 Å². The molecule has 1 amide bonds. The molecule has 0 aromatic heterocycles. The van der Waals surface area contributed by atoms with Gasteiger partial charge in [-0.25, -0.2) is 0 Å². The number of rotatable bonds is 3. The maximum Gasteiger partial charge on any atom is 0.223 e. The third-order valence-electron chi connectivity index (χ3n) is 4.40. The van der Waals surface area contributed by atoms with Gasteiger partial charge in [-0.05, 0) is 56.3 Å². The highest BCUT2D eigenvalue weighted by Gasteiger charge is 2.44. The minimum atomic E-state index is 0.205. The maximum absolute atomic E-state index is 12.2. The van der Waals surface area contributed by atoms with E-state index in [0.29, 0.717) is 12.0 Å². The average molecular weight is 258 g/mol. The molecule has 0 spiro atoms. The maximum atomic E-state index is 12.2. The Morgan fingerprint density at radius 1 is 1.26 bits per heavy atom. The zero-order valence-electron chi connectivity index (χ0n) is 11.5. The van der Waals surface area contributed by atoms with Gasteiger partial charge in [0.25, 0.3) is 0 Å². The van der Waals surface area contributed by atoms with Gasteiger partial charge in [0.15, 0.2) is 0 Å². The molecule has 1 aliphatic heterocycles. The highest BCUT2D eigenvalue weighted by Crippen LogP contribution is 2.48. The highest BCUT2D eigenvalue weighted by atomic mass is 16.2. The fourth-order valence-corrected chi connectivity index (χ4v) is 3.11. The van der Waals surface area contributed by atoms with Crippen LogP contribution in [0.4, 0.5) is 0 Å². The molecule has 1 aromatic rings. The lowest BCUT2D eigenvalue weighted by Gasteiger charge is -2.23. The molecule has 2 aliphatic rings. The van der Waals surface area contributed by atoms with E-state index in [-0.39, 0.29) is 11.8 Å². The first-order valence-corrected chi connectivity index (χ1v) is 7.32. The molecule has 1 saturated carbocycles. The van der Waals surface area contributed by atoms with Crippen molar-refractivity contribution in [3.8, 4) is 0 Å². The zero-order valence-corrected chi connectivity index (χ0v) is 11.5. The van der Waals surface area contributed by atoms with Gasteiger partial charge >= 0.3 is 0 Å². The number of amides is 1. The normalized spacial score (nSPS) is 27.0. The summed E-state index contributed by atoms with van der Waals surface area (Å²) in [5.74, 6) is 0.916. The van der Waals surface area contributed by atoms with E-state index >= 15 is 0 Å². The summed E-state index contributed by atoms with van der Waals surface area (Å²) in [6.45, 7) is 4.18. The molecule has 0 radical (unpaired) electrons. The van der Waals surface area contributed by atoms with E-state index in [2.05, 4.69) is 41.8 Å². The van der Waals surface area contributed by atoms with Crippen molar-refractivity contribution < 1.29 is 4.79 Å². The number of benzene rings is 1. The lowest BCUT2D eigenvalue weighted by molar-refractivity contribution is -0.123. The molecular weight excluding hydrogens is 236 g/mol. The predicted octanol–water partition coefficient (Wildman–Crippen LogP) is 1.97. The van der Waals surface area contributed by atoms with Crippen molar-refractivity contribution in [1.82, 2.24) is 10.6 Å². The molecule has 1 saturated heterocycles. The molecule has 1 heterocycles. The Hall–Kier alpha value is -1.35. The van der Waals surface area contributed by atoms with E-state index in [4.69, 9.17) is 0 Å². The van der Waals surface area contributed by atoms with Gasteiger partial charge in [-0.3, -0.25) is 4.79 Å². The molecule has 1 aliphatic carbocycles. The summed E-state index contributed by atoms with van der Waals surface area (Å²) in [5.41, 5.74) is 2.66. The molecule has 3 nitrogen and oxygen atoms in total. The van der Waals surface area contributed by atoms with Crippen LogP contribution >= 0.6 is 0 Å². The molecule has 0 bridgehead atoms. The second kappa shape index (κ2) is 5.33. The van der Waals surface area contributed by atoms with Crippen molar-refractivity contribution in [1.29, 1.82) is 0 Å². The van der Waals surface area contributed by atoms with E-state index in [1.165, 1.54) is 11.1 Å². The topological polar surface area (TPSA) is 41.1 Å². The van der Waals surface area contributed by atoms with Crippen molar-refractivity contribution in [3.63, 3.8) is 0 Å². The second-order valence-corrected chi connectivity index (χ2v) is 5.84. The van der Waals surface area contributed by atoms with E-state index in [9.17, 15) is 4.79 Å². The van der Waals surface area contributed by atoms with Crippen molar-refractivity contribution in [2.75, 3.05) is 13.1 Å². The summed E-state index contributed by atoms with van der Waals surface area (Å²) >= 11 is 0. The van der Waals surface area contributed by atoms with Crippen LogP contribution in [0.2, 0.25) is 0 Å². The summed E-state index contributed by atoms with van der Waals surface area (Å²) in [6.07, 6.45) is 3.14. The van der Waals surface area contributed by atoms with Gasteiger partial charge in [0.1, 0.15) is 0 Å². The third-order valence-corrected chi connectivity index (χ3v) is 4.40. The summed E-state index contributed by atoms with van der Waals surface area (Å²) in [6, 6.07) is 8.81. The standard InChI is InChI=1S/C16H22N2O/c1-11-4-2-3-5-13(11)14-10-15(14)16(19)18-12-6-8-17-9-7-12/h2-5,12,14-15,17H,6-10H2,1H3,(H,18,19). The predicted molar refractivity (Wildman–Crippen MR) is 76.1 cm³/mol. The van der Waals surface area contributed by atoms with E-state index in [1.54, 1.807) is 0 Å². The lowest BCUT2D eigenvalue weighted by Crippen LogP contribution is -2.43. The lowest BCUT2D eigenvalue weighted by atomic mass is 10.0. The van der Waals surface area contributed by atoms with Gasteiger partial charge in [0, 0.05) is 12.0 Å². The fraction of sp³-hybridized carbons (Fsp3) is 0.562. The van der Waals surface area contributed by atoms with Crippen LogP contribution in [0.25, 0.3) is 0 Å². The first kappa shape index (κ1) is 12.7. The van der Waals surface area contributed by atoms with Gasteiger partial charge in [-0.2, -0.15) is 0 Å². The number of nitrogens with one attached hydrogen (secondary N) is 2. The molecule has 19 heavy (non-hydrogen) atoms. The van der Waals surface area contributed by atoms with E-state index < -0.39 is 0 Å². The molecule has 3 heteroatoms. The van der Waals surface area contributed by atoms with Gasteiger partial charge in [0.2, 0.25) is 5.91 Å². The van der Waals surface area contributed by atoms with Crippen molar-refractivity contribution in [2.45, 2.75) is 38.1 Å². The number of piperidine rings is 1. The summed E-state index contributed by atoms with van der Waals surface area (Å²) < 4.78 is 0. The quantitative estimate of drug-likeness (QED) is 0.870. The van der Waals surface area contributed by atoms with Crippen LogP contribution in [0.15, 0.2) is 24.3 Å². The number of carbonyl (C=O) groups is 1. The summed E-state index contributed by atoms with van der Waals surface area (Å²) in [4.78, 5) is 12.2. The zero-order chi connectivity index (χ0) is 13.2. The van der Waals surface area contributed by atoms with E-state index in [1.807, 2.05) is 0 Å². The third kappa shape index (κ3) is 2.81.